The topological polar surface area (TPSA) is 15.8 Å². The van der Waals surface area contributed by atoms with Gasteiger partial charge in [0.15, 0.2) is 0 Å². The number of nitrogens with one attached hydrogen (secondary N) is 1. The number of hydrogen-bond donors (Lipinski definition) is 1. The minimum absolute atomic E-state index is 0.201. The average Bonchev–Trinajstić information content (AvgIpc) is 2.94. The van der Waals surface area contributed by atoms with Crippen molar-refractivity contribution >= 4 is 43.4 Å². The first-order chi connectivity index (χ1) is 10.8. The molecule has 0 unspecified atom stereocenters. The third-order valence-electron chi connectivity index (χ3n) is 4.44. The van der Waals surface area contributed by atoms with Crippen molar-refractivity contribution < 1.29 is 4.39 Å². The molecule has 0 bridgehead atoms. The normalized spacial score (nSPS) is 11.9. The summed E-state index contributed by atoms with van der Waals surface area (Å²) >= 11 is 0. The molecule has 104 valence electrons. The minimum Gasteiger partial charge on any atom is -0.354 e. The van der Waals surface area contributed by atoms with Crippen molar-refractivity contribution in [1.82, 2.24) is 4.98 Å². The van der Waals surface area contributed by atoms with E-state index in [0.717, 1.165) is 32.6 Å². The molecular formula is C20H12FN. The van der Waals surface area contributed by atoms with Crippen LogP contribution in [-0.2, 0) is 0 Å². The number of aromatic nitrogens is 1. The van der Waals surface area contributed by atoms with E-state index in [-0.39, 0.29) is 5.82 Å². The molecule has 0 spiro atoms. The second-order valence-corrected chi connectivity index (χ2v) is 5.66. The Morgan fingerprint density at radius 1 is 0.636 bits per heavy atom. The van der Waals surface area contributed by atoms with E-state index >= 15 is 0 Å². The van der Waals surface area contributed by atoms with E-state index in [0.29, 0.717) is 0 Å². The highest BCUT2D eigenvalue weighted by Gasteiger charge is 2.13. The fourth-order valence-corrected chi connectivity index (χ4v) is 3.52. The van der Waals surface area contributed by atoms with Gasteiger partial charge in [-0.2, -0.15) is 0 Å². The van der Waals surface area contributed by atoms with E-state index in [9.17, 15) is 4.39 Å². The number of para-hydroxylation sites is 1. The van der Waals surface area contributed by atoms with Crippen LogP contribution in [-0.4, -0.2) is 4.98 Å². The molecule has 22 heavy (non-hydrogen) atoms. The molecule has 0 fully saturated rings. The largest absolute Gasteiger partial charge is 0.354 e. The number of H-pyrrole nitrogens is 1. The highest BCUT2D eigenvalue weighted by molar-refractivity contribution is 6.31. The highest BCUT2D eigenvalue weighted by atomic mass is 19.1. The summed E-state index contributed by atoms with van der Waals surface area (Å²) in [5.74, 6) is -0.201. The van der Waals surface area contributed by atoms with Gasteiger partial charge < -0.3 is 4.98 Å². The van der Waals surface area contributed by atoms with Crippen LogP contribution in [0.15, 0.2) is 66.7 Å². The van der Waals surface area contributed by atoms with Crippen LogP contribution in [0.2, 0.25) is 0 Å². The van der Waals surface area contributed by atoms with Crippen molar-refractivity contribution in [3.8, 4) is 0 Å². The number of hydrogen-bond acceptors (Lipinski definition) is 0. The van der Waals surface area contributed by atoms with Crippen LogP contribution in [0, 0.1) is 5.82 Å². The first-order valence-corrected chi connectivity index (χ1v) is 7.33. The van der Waals surface area contributed by atoms with Crippen LogP contribution in [0.1, 0.15) is 0 Å². The molecule has 1 N–H and O–H groups in total. The fourth-order valence-electron chi connectivity index (χ4n) is 3.52. The monoisotopic (exact) mass is 285 g/mol. The second-order valence-electron chi connectivity index (χ2n) is 5.66. The molecule has 0 saturated carbocycles. The maximum Gasteiger partial charge on any atom is 0.123 e. The van der Waals surface area contributed by atoms with Gasteiger partial charge in [-0.15, -0.1) is 0 Å². The standard InChI is InChI=1S/C20H12FN/c21-12-9-10-15-17(11-12)13-5-1-2-6-14(13)19-16-7-3-4-8-18(16)22-20(15)19/h1-11,22H. The third-order valence-corrected chi connectivity index (χ3v) is 4.44. The molecule has 0 aliphatic rings. The van der Waals surface area contributed by atoms with Gasteiger partial charge in [0.25, 0.3) is 0 Å². The summed E-state index contributed by atoms with van der Waals surface area (Å²) in [5.41, 5.74) is 2.19. The van der Waals surface area contributed by atoms with Gasteiger partial charge in [0.05, 0.1) is 5.52 Å². The quantitative estimate of drug-likeness (QED) is 0.348. The highest BCUT2D eigenvalue weighted by Crippen LogP contribution is 2.38. The molecule has 1 heterocycles. The predicted octanol–water partition coefficient (Wildman–Crippen LogP) is 5.77. The zero-order valence-electron chi connectivity index (χ0n) is 11.7. The molecule has 5 rings (SSSR count). The Morgan fingerprint density at radius 3 is 2.23 bits per heavy atom. The lowest BCUT2D eigenvalue weighted by atomic mass is 9.97. The van der Waals surface area contributed by atoms with Gasteiger partial charge in [-0.3, -0.25) is 0 Å². The molecule has 0 atom stereocenters. The minimum atomic E-state index is -0.201. The van der Waals surface area contributed by atoms with Crippen LogP contribution in [0.3, 0.4) is 0 Å². The van der Waals surface area contributed by atoms with Crippen molar-refractivity contribution in [2.45, 2.75) is 0 Å². The molecule has 4 aromatic carbocycles. The number of benzene rings is 4. The smallest absolute Gasteiger partial charge is 0.123 e. The molecule has 0 aliphatic carbocycles. The van der Waals surface area contributed by atoms with Crippen molar-refractivity contribution in [1.29, 1.82) is 0 Å². The number of fused-ring (bicyclic) bond motifs is 8. The van der Waals surface area contributed by atoms with Crippen LogP contribution in [0.25, 0.3) is 43.4 Å². The number of rotatable bonds is 0. The zero-order chi connectivity index (χ0) is 14.7. The van der Waals surface area contributed by atoms with Crippen LogP contribution in [0.5, 0.6) is 0 Å². The maximum atomic E-state index is 13.8. The van der Waals surface area contributed by atoms with E-state index in [1.807, 2.05) is 24.3 Å². The first kappa shape index (κ1) is 11.8. The van der Waals surface area contributed by atoms with E-state index in [2.05, 4.69) is 35.3 Å². The molecule has 0 amide bonds. The first-order valence-electron chi connectivity index (χ1n) is 7.33. The van der Waals surface area contributed by atoms with Gasteiger partial charge in [-0.05, 0) is 40.4 Å². The molecule has 1 nitrogen and oxygen atoms in total. The Kier molecular flexibility index (Phi) is 2.18. The van der Waals surface area contributed by atoms with Gasteiger partial charge in [-0.1, -0.05) is 42.5 Å². The SMILES string of the molecule is Fc1ccc2c(c1)c1ccccc1c1c3ccccc3[nH]c21. The summed E-state index contributed by atoms with van der Waals surface area (Å²) in [6.07, 6.45) is 0. The Bertz CT molecular complexity index is 1180. The van der Waals surface area contributed by atoms with Crippen LogP contribution < -0.4 is 0 Å². The van der Waals surface area contributed by atoms with E-state index < -0.39 is 0 Å². The van der Waals surface area contributed by atoms with Gasteiger partial charge in [0, 0.05) is 21.7 Å². The van der Waals surface area contributed by atoms with Gasteiger partial charge in [-0.25, -0.2) is 4.39 Å². The summed E-state index contributed by atoms with van der Waals surface area (Å²) in [7, 11) is 0. The summed E-state index contributed by atoms with van der Waals surface area (Å²) in [5, 5.41) is 6.69. The summed E-state index contributed by atoms with van der Waals surface area (Å²) in [6.45, 7) is 0. The van der Waals surface area contributed by atoms with Gasteiger partial charge >= 0.3 is 0 Å². The summed E-state index contributed by atoms with van der Waals surface area (Å²) < 4.78 is 13.8. The Morgan fingerprint density at radius 2 is 1.36 bits per heavy atom. The van der Waals surface area contributed by atoms with Crippen LogP contribution >= 0.6 is 0 Å². The molecular weight excluding hydrogens is 273 g/mol. The second kappa shape index (κ2) is 4.08. The summed E-state index contributed by atoms with van der Waals surface area (Å²) in [6, 6.07) is 21.6. The Balaban J connectivity index is 2.22. The maximum absolute atomic E-state index is 13.8. The average molecular weight is 285 g/mol. The lowest BCUT2D eigenvalue weighted by Gasteiger charge is -2.07. The Hall–Kier alpha value is -2.87. The summed E-state index contributed by atoms with van der Waals surface area (Å²) in [4.78, 5) is 3.51. The number of halogens is 1. The van der Waals surface area contributed by atoms with E-state index in [1.165, 1.54) is 16.8 Å². The van der Waals surface area contributed by atoms with Crippen molar-refractivity contribution in [3.63, 3.8) is 0 Å². The van der Waals surface area contributed by atoms with Crippen molar-refractivity contribution in [2.75, 3.05) is 0 Å². The fraction of sp³-hybridized carbons (Fsp3) is 0. The molecule has 0 radical (unpaired) electrons. The molecule has 5 aromatic rings. The zero-order valence-corrected chi connectivity index (χ0v) is 11.7. The Labute approximate surface area is 126 Å². The molecule has 2 heteroatoms. The van der Waals surface area contributed by atoms with Crippen molar-refractivity contribution in [3.05, 3.63) is 72.5 Å². The molecule has 0 saturated heterocycles. The van der Waals surface area contributed by atoms with Crippen LogP contribution in [0.4, 0.5) is 4.39 Å². The lowest BCUT2D eigenvalue weighted by Crippen LogP contribution is -1.83. The molecule has 1 aromatic heterocycles. The molecule has 0 aliphatic heterocycles. The predicted molar refractivity (Wildman–Crippen MR) is 90.8 cm³/mol. The van der Waals surface area contributed by atoms with E-state index in [1.54, 1.807) is 6.07 Å². The van der Waals surface area contributed by atoms with Crippen molar-refractivity contribution in [2.24, 2.45) is 0 Å². The van der Waals surface area contributed by atoms with Gasteiger partial charge in [0.2, 0.25) is 0 Å². The third kappa shape index (κ3) is 1.41. The number of aromatic amines is 1. The van der Waals surface area contributed by atoms with Gasteiger partial charge in [0.1, 0.15) is 5.82 Å². The van der Waals surface area contributed by atoms with E-state index in [4.69, 9.17) is 0 Å². The lowest BCUT2D eigenvalue weighted by molar-refractivity contribution is 0.630.